The largest absolute Gasteiger partial charge is 0.497 e. The molecule has 1 saturated heterocycles. The quantitative estimate of drug-likeness (QED) is 0.468. The highest BCUT2D eigenvalue weighted by atomic mass is 16.5. The molecule has 3 heterocycles. The molecule has 1 aliphatic heterocycles. The fraction of sp³-hybridized carbons (Fsp3) is 0.520. The van der Waals surface area contributed by atoms with E-state index in [4.69, 9.17) is 19.2 Å². The zero-order chi connectivity index (χ0) is 24.2. The van der Waals surface area contributed by atoms with Crippen LogP contribution in [-0.4, -0.2) is 79.4 Å². The summed E-state index contributed by atoms with van der Waals surface area (Å²) < 4.78 is 19.0. The van der Waals surface area contributed by atoms with E-state index in [1.807, 2.05) is 28.9 Å². The van der Waals surface area contributed by atoms with E-state index in [9.17, 15) is 5.11 Å². The number of anilines is 1. The molecule has 1 aromatic carbocycles. The van der Waals surface area contributed by atoms with Crippen LogP contribution in [0.2, 0.25) is 0 Å². The molecule has 0 spiro atoms. The Morgan fingerprint density at radius 3 is 2.74 bits per heavy atom. The Hall–Kier alpha value is -2.88. The number of nitrogens with zero attached hydrogens (tertiary/aromatic N) is 4. The van der Waals surface area contributed by atoms with Gasteiger partial charge in [-0.2, -0.15) is 9.61 Å². The minimum absolute atomic E-state index is 0.176. The Morgan fingerprint density at radius 1 is 1.26 bits per heavy atom. The minimum atomic E-state index is -0.608. The monoisotopic (exact) mass is 469 g/mol. The molecule has 34 heavy (non-hydrogen) atoms. The minimum Gasteiger partial charge on any atom is -0.497 e. The number of hydrogen-bond donors (Lipinski definition) is 2. The number of fused-ring (bicyclic) bond motifs is 1. The van der Waals surface area contributed by atoms with Gasteiger partial charge in [-0.25, -0.2) is 4.98 Å². The summed E-state index contributed by atoms with van der Waals surface area (Å²) in [5, 5.41) is 17.7. The molecule has 2 atom stereocenters. The van der Waals surface area contributed by atoms with Crippen LogP contribution in [0.25, 0.3) is 16.9 Å². The van der Waals surface area contributed by atoms with Crippen LogP contribution >= 0.6 is 0 Å². The molecule has 4 rings (SSSR count). The number of aliphatic hydroxyl groups excluding tert-OH is 1. The van der Waals surface area contributed by atoms with E-state index in [0.29, 0.717) is 24.7 Å². The molecule has 1 fully saturated rings. The maximum Gasteiger partial charge on any atom is 0.161 e. The molecular weight excluding hydrogens is 434 g/mol. The highest BCUT2D eigenvalue weighted by Crippen LogP contribution is 2.33. The zero-order valence-electron chi connectivity index (χ0n) is 20.6. The van der Waals surface area contributed by atoms with Crippen molar-refractivity contribution in [3.63, 3.8) is 0 Å². The van der Waals surface area contributed by atoms with E-state index in [2.05, 4.69) is 42.3 Å². The number of methoxy groups -OCH3 is 1. The highest BCUT2D eigenvalue weighted by Gasteiger charge is 2.25. The van der Waals surface area contributed by atoms with Crippen molar-refractivity contribution in [2.24, 2.45) is 0 Å². The molecule has 0 amide bonds. The first kappa shape index (κ1) is 24.3. The van der Waals surface area contributed by atoms with Crippen molar-refractivity contribution < 1.29 is 19.3 Å². The van der Waals surface area contributed by atoms with Crippen LogP contribution in [-0.2, 0) is 4.74 Å². The van der Waals surface area contributed by atoms with Crippen molar-refractivity contribution in [3.05, 3.63) is 36.0 Å². The molecule has 2 aromatic heterocycles. The number of ether oxygens (including phenoxy) is 3. The lowest BCUT2D eigenvalue weighted by molar-refractivity contribution is 0.108. The van der Waals surface area contributed by atoms with E-state index >= 15 is 0 Å². The summed E-state index contributed by atoms with van der Waals surface area (Å²) >= 11 is 0. The topological polar surface area (TPSA) is 93.4 Å². The van der Waals surface area contributed by atoms with E-state index in [1.165, 1.54) is 0 Å². The van der Waals surface area contributed by atoms with Crippen molar-refractivity contribution >= 4 is 11.5 Å². The molecule has 0 bridgehead atoms. The third kappa shape index (κ3) is 5.11. The maximum absolute atomic E-state index is 10.0. The summed E-state index contributed by atoms with van der Waals surface area (Å²) in [7, 11) is 5.50. The molecule has 184 valence electrons. The Morgan fingerprint density at radius 2 is 2.06 bits per heavy atom. The SMILES string of the molecule is CNCC(O)COc1cc(OC)cc(-c2cc(N(C)[C@@H]3CCOC3)n3ncc(C(C)C)c3n2)c1. The molecule has 2 N–H and O–H groups in total. The molecule has 1 aliphatic rings. The lowest BCUT2D eigenvalue weighted by atomic mass is 10.1. The second-order valence-corrected chi connectivity index (χ2v) is 9.04. The fourth-order valence-electron chi connectivity index (χ4n) is 4.19. The summed E-state index contributed by atoms with van der Waals surface area (Å²) in [6, 6.07) is 8.03. The van der Waals surface area contributed by atoms with Gasteiger partial charge in [-0.15, -0.1) is 0 Å². The molecule has 9 nitrogen and oxygen atoms in total. The van der Waals surface area contributed by atoms with Gasteiger partial charge in [0.25, 0.3) is 0 Å². The molecule has 0 radical (unpaired) electrons. The summed E-state index contributed by atoms with van der Waals surface area (Å²) in [4.78, 5) is 7.24. The van der Waals surface area contributed by atoms with E-state index in [0.717, 1.165) is 41.3 Å². The predicted octanol–water partition coefficient (Wildman–Crippen LogP) is 2.71. The van der Waals surface area contributed by atoms with Gasteiger partial charge < -0.3 is 29.5 Å². The number of rotatable bonds is 10. The fourth-order valence-corrected chi connectivity index (χ4v) is 4.19. The van der Waals surface area contributed by atoms with Gasteiger partial charge in [0.1, 0.15) is 30.0 Å². The van der Waals surface area contributed by atoms with Crippen LogP contribution in [0.4, 0.5) is 5.82 Å². The lowest BCUT2D eigenvalue weighted by Crippen LogP contribution is -2.33. The van der Waals surface area contributed by atoms with Crippen LogP contribution in [0.3, 0.4) is 0 Å². The first-order valence-electron chi connectivity index (χ1n) is 11.8. The first-order chi connectivity index (χ1) is 16.4. The van der Waals surface area contributed by atoms with Gasteiger partial charge in [0.05, 0.1) is 31.6 Å². The molecule has 9 heteroatoms. The average Bonchev–Trinajstić information content (AvgIpc) is 3.52. The summed E-state index contributed by atoms with van der Waals surface area (Å²) in [6.45, 7) is 6.38. The van der Waals surface area contributed by atoms with Crippen LogP contribution in [0, 0.1) is 0 Å². The van der Waals surface area contributed by atoms with Crippen molar-refractivity contribution in [1.29, 1.82) is 0 Å². The second-order valence-electron chi connectivity index (χ2n) is 9.04. The summed E-state index contributed by atoms with van der Waals surface area (Å²) in [5.41, 5.74) is 3.60. The highest BCUT2D eigenvalue weighted by molar-refractivity contribution is 5.71. The second kappa shape index (κ2) is 10.6. The molecular formula is C25H35N5O4. The molecule has 0 aliphatic carbocycles. The molecule has 3 aromatic rings. The molecule has 0 saturated carbocycles. The Labute approximate surface area is 200 Å². The maximum atomic E-state index is 10.0. The standard InChI is InChI=1S/C25H35N5O4/c1-16(2)22-13-27-30-24(29(4)18-6-7-33-14-18)11-23(28-25(22)30)17-8-20(32-5)10-21(9-17)34-15-19(31)12-26-3/h8-11,13,16,18-19,26,31H,6-7,12,14-15H2,1-5H3/t18-,19?/m1/s1. The normalized spacial score (nSPS) is 16.9. The van der Waals surface area contributed by atoms with Crippen LogP contribution in [0.1, 0.15) is 31.7 Å². The predicted molar refractivity (Wildman–Crippen MR) is 132 cm³/mol. The van der Waals surface area contributed by atoms with Gasteiger partial charge in [0.15, 0.2) is 5.65 Å². The van der Waals surface area contributed by atoms with Crippen molar-refractivity contribution in [3.8, 4) is 22.8 Å². The number of aromatic nitrogens is 3. The summed E-state index contributed by atoms with van der Waals surface area (Å²) in [5.74, 6) is 2.51. The number of nitrogens with one attached hydrogen (secondary N) is 1. The zero-order valence-corrected chi connectivity index (χ0v) is 20.6. The van der Waals surface area contributed by atoms with Crippen molar-refractivity contribution in [2.45, 2.75) is 38.3 Å². The van der Waals surface area contributed by atoms with Crippen molar-refractivity contribution in [1.82, 2.24) is 19.9 Å². The van der Waals surface area contributed by atoms with Crippen LogP contribution in [0.15, 0.2) is 30.5 Å². The average molecular weight is 470 g/mol. The number of aliphatic hydroxyl groups is 1. The Kier molecular flexibility index (Phi) is 7.55. The van der Waals surface area contributed by atoms with Crippen LogP contribution in [0.5, 0.6) is 11.5 Å². The van der Waals surface area contributed by atoms with Crippen molar-refractivity contribution in [2.75, 3.05) is 52.5 Å². The first-order valence-corrected chi connectivity index (χ1v) is 11.8. The Balaban J connectivity index is 1.78. The van der Waals surface area contributed by atoms with Gasteiger partial charge in [-0.05, 0) is 31.5 Å². The number of hydrogen-bond acceptors (Lipinski definition) is 8. The van der Waals surface area contributed by atoms with Gasteiger partial charge in [0.2, 0.25) is 0 Å². The van der Waals surface area contributed by atoms with Gasteiger partial charge in [0, 0.05) is 43.5 Å². The number of likely N-dealkylation sites (N-methyl/N-ethyl adjacent to an activating group) is 2. The third-order valence-electron chi connectivity index (χ3n) is 6.21. The smallest absolute Gasteiger partial charge is 0.161 e. The van der Waals surface area contributed by atoms with Gasteiger partial charge in [-0.3, -0.25) is 0 Å². The van der Waals surface area contributed by atoms with E-state index < -0.39 is 6.10 Å². The molecule has 1 unspecified atom stereocenters. The van der Waals surface area contributed by atoms with Gasteiger partial charge in [-0.1, -0.05) is 13.8 Å². The van der Waals surface area contributed by atoms with E-state index in [-0.39, 0.29) is 18.6 Å². The third-order valence-corrected chi connectivity index (χ3v) is 6.21. The summed E-state index contributed by atoms with van der Waals surface area (Å²) in [6.07, 6.45) is 2.27. The van der Waals surface area contributed by atoms with Gasteiger partial charge >= 0.3 is 0 Å². The number of benzene rings is 1. The van der Waals surface area contributed by atoms with Crippen LogP contribution < -0.4 is 19.7 Å². The lowest BCUT2D eigenvalue weighted by Gasteiger charge is -2.26. The van der Waals surface area contributed by atoms with E-state index in [1.54, 1.807) is 14.2 Å². The Bertz CT molecular complexity index is 1110.